The molecule has 1 amide bonds. The molecule has 132 valence electrons. The summed E-state index contributed by atoms with van der Waals surface area (Å²) in [5.41, 5.74) is 1.69. The van der Waals surface area contributed by atoms with Crippen LogP contribution in [-0.2, 0) is 11.3 Å². The minimum absolute atomic E-state index is 0.133. The Bertz CT molecular complexity index is 830. The number of carbonyl (C=O) groups is 1. The third-order valence-corrected chi connectivity index (χ3v) is 3.88. The SMILES string of the molecule is O=C(/C=C/c1ccccn1)N(Cc1ccccc1)CC(O)c1ccco1. The number of amides is 1. The van der Waals surface area contributed by atoms with Crippen molar-refractivity contribution in [3.05, 3.63) is 96.2 Å². The van der Waals surface area contributed by atoms with Crippen molar-refractivity contribution in [1.82, 2.24) is 9.88 Å². The smallest absolute Gasteiger partial charge is 0.247 e. The van der Waals surface area contributed by atoms with Crippen molar-refractivity contribution in [1.29, 1.82) is 0 Å². The van der Waals surface area contributed by atoms with Gasteiger partial charge in [-0.2, -0.15) is 0 Å². The van der Waals surface area contributed by atoms with Gasteiger partial charge in [0.15, 0.2) is 0 Å². The first-order valence-corrected chi connectivity index (χ1v) is 8.36. The lowest BCUT2D eigenvalue weighted by atomic mass is 10.2. The van der Waals surface area contributed by atoms with E-state index in [2.05, 4.69) is 4.98 Å². The summed E-state index contributed by atoms with van der Waals surface area (Å²) in [6.45, 7) is 0.526. The predicted octanol–water partition coefficient (Wildman–Crippen LogP) is 3.45. The van der Waals surface area contributed by atoms with Crippen LogP contribution in [0.25, 0.3) is 6.08 Å². The molecule has 2 aromatic heterocycles. The number of furan rings is 1. The zero-order chi connectivity index (χ0) is 18.2. The highest BCUT2D eigenvalue weighted by Gasteiger charge is 2.19. The van der Waals surface area contributed by atoms with Crippen molar-refractivity contribution >= 4 is 12.0 Å². The molecule has 0 saturated carbocycles. The van der Waals surface area contributed by atoms with Crippen LogP contribution in [0.1, 0.15) is 23.1 Å². The van der Waals surface area contributed by atoms with Gasteiger partial charge in [-0.1, -0.05) is 36.4 Å². The molecule has 0 radical (unpaired) electrons. The van der Waals surface area contributed by atoms with Gasteiger partial charge in [-0.15, -0.1) is 0 Å². The van der Waals surface area contributed by atoms with Gasteiger partial charge in [0.05, 0.1) is 18.5 Å². The topological polar surface area (TPSA) is 66.6 Å². The van der Waals surface area contributed by atoms with Gasteiger partial charge >= 0.3 is 0 Å². The second kappa shape index (κ2) is 8.78. The maximum Gasteiger partial charge on any atom is 0.247 e. The first-order valence-electron chi connectivity index (χ1n) is 8.36. The number of rotatable bonds is 7. The summed E-state index contributed by atoms with van der Waals surface area (Å²) in [6, 6.07) is 18.6. The van der Waals surface area contributed by atoms with Crippen molar-refractivity contribution in [3.8, 4) is 0 Å². The molecule has 0 aliphatic heterocycles. The van der Waals surface area contributed by atoms with Gasteiger partial charge < -0.3 is 14.4 Å². The third-order valence-electron chi connectivity index (χ3n) is 3.88. The van der Waals surface area contributed by atoms with Crippen LogP contribution < -0.4 is 0 Å². The Balaban J connectivity index is 1.75. The fourth-order valence-electron chi connectivity index (χ4n) is 2.55. The first-order chi connectivity index (χ1) is 12.7. The normalized spacial score (nSPS) is 12.2. The lowest BCUT2D eigenvalue weighted by Gasteiger charge is -2.23. The molecule has 0 bridgehead atoms. The molecule has 26 heavy (non-hydrogen) atoms. The molecule has 1 aromatic carbocycles. The van der Waals surface area contributed by atoms with Crippen LogP contribution in [0.4, 0.5) is 0 Å². The minimum Gasteiger partial charge on any atom is -0.467 e. The molecule has 1 N–H and O–H groups in total. The van der Waals surface area contributed by atoms with Gasteiger partial charge in [0.25, 0.3) is 0 Å². The molecule has 3 aromatic rings. The van der Waals surface area contributed by atoms with Crippen molar-refractivity contribution < 1.29 is 14.3 Å². The number of aliphatic hydroxyl groups excluding tert-OH is 1. The van der Waals surface area contributed by atoms with Crippen LogP contribution in [0.3, 0.4) is 0 Å². The highest BCUT2D eigenvalue weighted by Crippen LogP contribution is 2.17. The van der Waals surface area contributed by atoms with E-state index in [0.29, 0.717) is 18.0 Å². The van der Waals surface area contributed by atoms with Crippen molar-refractivity contribution in [2.45, 2.75) is 12.6 Å². The molecule has 0 spiro atoms. The Morgan fingerprint density at radius 1 is 1.12 bits per heavy atom. The number of carbonyl (C=O) groups excluding carboxylic acids is 1. The number of aliphatic hydroxyl groups is 1. The maximum absolute atomic E-state index is 12.7. The van der Waals surface area contributed by atoms with Crippen molar-refractivity contribution in [2.75, 3.05) is 6.54 Å². The van der Waals surface area contributed by atoms with E-state index in [1.54, 1.807) is 29.3 Å². The zero-order valence-electron chi connectivity index (χ0n) is 14.2. The molecule has 0 saturated heterocycles. The number of aromatic nitrogens is 1. The van der Waals surface area contributed by atoms with Crippen LogP contribution in [0.15, 0.2) is 83.6 Å². The molecule has 5 nitrogen and oxygen atoms in total. The fraction of sp³-hybridized carbons (Fsp3) is 0.143. The first kappa shape index (κ1) is 17.6. The Morgan fingerprint density at radius 3 is 2.62 bits per heavy atom. The average Bonchev–Trinajstić information content (AvgIpc) is 3.22. The standard InChI is InChI=1S/C21H20N2O3/c24-19(20-10-6-14-26-20)16-23(15-17-7-2-1-3-8-17)21(25)12-11-18-9-4-5-13-22-18/h1-14,19,24H,15-16H2/b12-11+. The molecular formula is C21H20N2O3. The summed E-state index contributed by atoms with van der Waals surface area (Å²) in [6.07, 6.45) is 5.43. The third kappa shape index (κ3) is 4.91. The number of pyridine rings is 1. The zero-order valence-corrected chi connectivity index (χ0v) is 14.2. The number of hydrogen-bond donors (Lipinski definition) is 1. The van der Waals surface area contributed by atoms with Gasteiger partial charge in [0.1, 0.15) is 11.9 Å². The number of nitrogens with zero attached hydrogens (tertiary/aromatic N) is 2. The van der Waals surface area contributed by atoms with E-state index in [1.807, 2.05) is 48.5 Å². The van der Waals surface area contributed by atoms with Gasteiger partial charge in [-0.25, -0.2) is 0 Å². The largest absolute Gasteiger partial charge is 0.467 e. The molecule has 5 heteroatoms. The fourth-order valence-corrected chi connectivity index (χ4v) is 2.55. The van der Waals surface area contributed by atoms with E-state index in [-0.39, 0.29) is 12.5 Å². The Morgan fingerprint density at radius 2 is 1.92 bits per heavy atom. The Labute approximate surface area is 152 Å². The molecule has 0 aliphatic rings. The minimum atomic E-state index is -0.888. The number of hydrogen-bond acceptors (Lipinski definition) is 4. The van der Waals surface area contributed by atoms with Gasteiger partial charge in [0, 0.05) is 18.8 Å². The Kier molecular flexibility index (Phi) is 5.96. The second-order valence-corrected chi connectivity index (χ2v) is 5.82. The summed E-state index contributed by atoms with van der Waals surface area (Å²) >= 11 is 0. The van der Waals surface area contributed by atoms with Crippen LogP contribution in [0, 0.1) is 0 Å². The monoisotopic (exact) mass is 348 g/mol. The molecular weight excluding hydrogens is 328 g/mol. The average molecular weight is 348 g/mol. The van der Waals surface area contributed by atoms with Crippen LogP contribution in [0.5, 0.6) is 0 Å². The lowest BCUT2D eigenvalue weighted by molar-refractivity contribution is -0.128. The van der Waals surface area contributed by atoms with Crippen LogP contribution in [0.2, 0.25) is 0 Å². The van der Waals surface area contributed by atoms with Crippen molar-refractivity contribution in [2.24, 2.45) is 0 Å². The van der Waals surface area contributed by atoms with E-state index < -0.39 is 6.10 Å². The summed E-state index contributed by atoms with van der Waals surface area (Å²) in [7, 11) is 0. The van der Waals surface area contributed by atoms with Crippen molar-refractivity contribution in [3.63, 3.8) is 0 Å². The predicted molar refractivity (Wildman–Crippen MR) is 98.8 cm³/mol. The van der Waals surface area contributed by atoms with E-state index in [4.69, 9.17) is 4.42 Å². The molecule has 2 heterocycles. The van der Waals surface area contributed by atoms with Crippen LogP contribution in [-0.4, -0.2) is 27.4 Å². The highest BCUT2D eigenvalue weighted by molar-refractivity contribution is 5.91. The van der Waals surface area contributed by atoms with Gasteiger partial charge in [-0.3, -0.25) is 9.78 Å². The molecule has 1 unspecified atom stereocenters. The summed E-state index contributed by atoms with van der Waals surface area (Å²) in [5, 5.41) is 10.4. The summed E-state index contributed by atoms with van der Waals surface area (Å²) in [5.74, 6) is 0.231. The quantitative estimate of drug-likeness (QED) is 0.664. The number of benzene rings is 1. The van der Waals surface area contributed by atoms with E-state index in [1.165, 1.54) is 12.3 Å². The van der Waals surface area contributed by atoms with Crippen LogP contribution >= 0.6 is 0 Å². The van der Waals surface area contributed by atoms with Gasteiger partial charge in [0.2, 0.25) is 5.91 Å². The van der Waals surface area contributed by atoms with E-state index >= 15 is 0 Å². The van der Waals surface area contributed by atoms with E-state index in [9.17, 15) is 9.90 Å². The lowest BCUT2D eigenvalue weighted by Crippen LogP contribution is -2.33. The Hall–Kier alpha value is -3.18. The summed E-state index contributed by atoms with van der Waals surface area (Å²) in [4.78, 5) is 18.5. The highest BCUT2D eigenvalue weighted by atomic mass is 16.4. The molecule has 0 fully saturated rings. The molecule has 3 rings (SSSR count). The molecule has 1 atom stereocenters. The maximum atomic E-state index is 12.7. The van der Waals surface area contributed by atoms with E-state index in [0.717, 1.165) is 5.56 Å². The second-order valence-electron chi connectivity index (χ2n) is 5.82. The summed E-state index contributed by atoms with van der Waals surface area (Å²) < 4.78 is 5.24. The van der Waals surface area contributed by atoms with Gasteiger partial charge in [-0.05, 0) is 35.9 Å². The molecule has 0 aliphatic carbocycles.